The molecule has 2 aromatic heterocycles. The molecule has 0 radical (unpaired) electrons. The first-order valence-electron chi connectivity index (χ1n) is 9.25. The molecule has 3 rings (SSSR count). The first-order chi connectivity index (χ1) is 14.1. The number of amides is 1. The third-order valence-corrected chi connectivity index (χ3v) is 4.13. The van der Waals surface area contributed by atoms with Crippen LogP contribution in [0.4, 0.5) is 5.82 Å². The Morgan fingerprint density at radius 3 is 2.87 bits per heavy atom. The number of aliphatic hydroxyl groups excluding tert-OH is 1. The van der Waals surface area contributed by atoms with Crippen LogP contribution in [0, 0.1) is 11.3 Å². The van der Waals surface area contributed by atoms with Crippen molar-refractivity contribution in [2.24, 2.45) is 0 Å². The van der Waals surface area contributed by atoms with Crippen molar-refractivity contribution in [3.05, 3.63) is 30.2 Å². The van der Waals surface area contributed by atoms with Crippen molar-refractivity contribution in [2.45, 2.75) is 51.6 Å². The van der Waals surface area contributed by atoms with Crippen LogP contribution in [0.2, 0.25) is 0 Å². The van der Waals surface area contributed by atoms with Gasteiger partial charge >= 0.3 is 5.97 Å². The fourth-order valence-corrected chi connectivity index (χ4v) is 2.89. The summed E-state index contributed by atoms with van der Waals surface area (Å²) in [4.78, 5) is 26.5. The van der Waals surface area contributed by atoms with Crippen molar-refractivity contribution in [2.75, 3.05) is 11.4 Å². The zero-order valence-corrected chi connectivity index (χ0v) is 17.0. The number of ether oxygens (including phenoxy) is 2. The Hall–Kier alpha value is -3.36. The molecule has 1 aliphatic heterocycles. The van der Waals surface area contributed by atoms with E-state index < -0.39 is 35.8 Å². The van der Waals surface area contributed by atoms with E-state index in [0.29, 0.717) is 11.5 Å². The highest BCUT2D eigenvalue weighted by Crippen LogP contribution is 2.23. The van der Waals surface area contributed by atoms with Gasteiger partial charge in [-0.2, -0.15) is 10.4 Å². The molecule has 158 valence electrons. The topological polar surface area (TPSA) is 143 Å². The molecule has 0 aliphatic carbocycles. The van der Waals surface area contributed by atoms with Gasteiger partial charge in [-0.15, -0.1) is 10.2 Å². The Morgan fingerprint density at radius 2 is 2.20 bits per heavy atom. The summed E-state index contributed by atoms with van der Waals surface area (Å²) in [7, 11) is 0. The second kappa shape index (κ2) is 8.17. The lowest BCUT2D eigenvalue weighted by atomic mass is 10.1. The molecular weight excluding hydrogens is 392 g/mol. The van der Waals surface area contributed by atoms with Gasteiger partial charge in [0.2, 0.25) is 0 Å². The molecular formula is C19H22N6O5. The summed E-state index contributed by atoms with van der Waals surface area (Å²) in [6.07, 6.45) is -0.618. The molecule has 2 aromatic rings. The highest BCUT2D eigenvalue weighted by atomic mass is 16.6. The summed E-state index contributed by atoms with van der Waals surface area (Å²) in [6, 6.07) is 5.00. The Balaban J connectivity index is 1.83. The van der Waals surface area contributed by atoms with Crippen LogP contribution < -0.4 is 4.90 Å². The lowest BCUT2D eigenvalue weighted by Gasteiger charge is -2.36. The molecule has 1 N–H and O–H groups in total. The van der Waals surface area contributed by atoms with Gasteiger partial charge < -0.3 is 14.6 Å². The minimum absolute atomic E-state index is 0.126. The van der Waals surface area contributed by atoms with E-state index in [-0.39, 0.29) is 12.2 Å². The number of aromatic nitrogens is 4. The van der Waals surface area contributed by atoms with Crippen LogP contribution in [0.5, 0.6) is 0 Å². The van der Waals surface area contributed by atoms with Crippen molar-refractivity contribution in [3.63, 3.8) is 0 Å². The van der Waals surface area contributed by atoms with Crippen LogP contribution in [0.15, 0.2) is 24.5 Å². The van der Waals surface area contributed by atoms with Gasteiger partial charge in [0, 0.05) is 18.3 Å². The fraction of sp³-hybridized carbons (Fsp3) is 0.474. The van der Waals surface area contributed by atoms with Gasteiger partial charge in [0.25, 0.3) is 5.91 Å². The van der Waals surface area contributed by atoms with Crippen LogP contribution in [0.25, 0.3) is 5.69 Å². The quantitative estimate of drug-likeness (QED) is 0.701. The monoisotopic (exact) mass is 414 g/mol. The predicted octanol–water partition coefficient (Wildman–Crippen LogP) is 0.357. The first-order valence-corrected chi connectivity index (χ1v) is 9.25. The zero-order chi connectivity index (χ0) is 22.1. The summed E-state index contributed by atoms with van der Waals surface area (Å²) in [5, 5.41) is 31.1. The number of anilines is 1. The van der Waals surface area contributed by atoms with Gasteiger partial charge in [-0.25, -0.2) is 9.48 Å². The third-order valence-electron chi connectivity index (χ3n) is 4.13. The average molecular weight is 414 g/mol. The first kappa shape index (κ1) is 21.4. The fourth-order valence-electron chi connectivity index (χ4n) is 2.89. The molecule has 0 unspecified atom stereocenters. The molecule has 0 spiro atoms. The number of rotatable bonds is 4. The summed E-state index contributed by atoms with van der Waals surface area (Å²) < 4.78 is 12.1. The highest BCUT2D eigenvalue weighted by molar-refractivity contribution is 5.99. The van der Waals surface area contributed by atoms with Crippen LogP contribution in [-0.2, 0) is 19.1 Å². The number of esters is 1. The number of morpholine rings is 1. The largest absolute Gasteiger partial charge is 0.458 e. The van der Waals surface area contributed by atoms with E-state index in [1.165, 1.54) is 21.8 Å². The molecule has 3 heterocycles. The van der Waals surface area contributed by atoms with Gasteiger partial charge in [-0.1, -0.05) is 0 Å². The van der Waals surface area contributed by atoms with Gasteiger partial charge in [0.05, 0.1) is 24.5 Å². The summed E-state index contributed by atoms with van der Waals surface area (Å²) >= 11 is 0. The minimum Gasteiger partial charge on any atom is -0.458 e. The molecule has 1 aliphatic rings. The number of aliphatic hydroxyl groups is 1. The van der Waals surface area contributed by atoms with Gasteiger partial charge in [-0.3, -0.25) is 9.69 Å². The van der Waals surface area contributed by atoms with E-state index in [1.807, 2.05) is 6.07 Å². The lowest BCUT2D eigenvalue weighted by molar-refractivity contribution is -0.181. The Morgan fingerprint density at radius 1 is 1.47 bits per heavy atom. The number of hydrogen-bond acceptors (Lipinski definition) is 9. The molecule has 3 atom stereocenters. The molecule has 1 fully saturated rings. The minimum atomic E-state index is -1.77. The van der Waals surface area contributed by atoms with Crippen LogP contribution in [-0.4, -0.2) is 67.4 Å². The van der Waals surface area contributed by atoms with Crippen molar-refractivity contribution in [3.8, 4) is 11.8 Å². The Kier molecular flexibility index (Phi) is 5.82. The van der Waals surface area contributed by atoms with Gasteiger partial charge in [-0.05, 0) is 27.7 Å². The molecule has 0 bridgehead atoms. The average Bonchev–Trinajstić information content (AvgIpc) is 3.17. The van der Waals surface area contributed by atoms with Gasteiger partial charge in [0.15, 0.2) is 23.7 Å². The summed E-state index contributed by atoms with van der Waals surface area (Å²) in [6.45, 7) is 6.89. The van der Waals surface area contributed by atoms with Crippen molar-refractivity contribution >= 4 is 17.7 Å². The normalized spacial score (nSPS) is 20.5. The molecule has 11 heteroatoms. The van der Waals surface area contributed by atoms with Gasteiger partial charge in [0.1, 0.15) is 11.7 Å². The van der Waals surface area contributed by atoms with Crippen molar-refractivity contribution in [1.29, 1.82) is 5.26 Å². The molecule has 11 nitrogen and oxygen atoms in total. The van der Waals surface area contributed by atoms with E-state index in [0.717, 1.165) is 0 Å². The second-order valence-electron chi connectivity index (χ2n) is 7.82. The maximum absolute atomic E-state index is 12.9. The number of carbonyl (C=O) groups is 2. The van der Waals surface area contributed by atoms with E-state index in [1.54, 1.807) is 40.0 Å². The SMILES string of the molecule is C[C@@H]1CN(c2ccn(-c3cnnc(C#N)c3)n2)C(=O)[C@@H]([C@@H](O)C(=O)OC(C)(C)C)O1. The van der Waals surface area contributed by atoms with E-state index in [4.69, 9.17) is 14.7 Å². The molecule has 0 aromatic carbocycles. The maximum atomic E-state index is 12.9. The molecule has 30 heavy (non-hydrogen) atoms. The van der Waals surface area contributed by atoms with Crippen molar-refractivity contribution < 1.29 is 24.2 Å². The van der Waals surface area contributed by atoms with E-state index in [9.17, 15) is 14.7 Å². The maximum Gasteiger partial charge on any atom is 0.338 e. The Labute approximate surface area is 172 Å². The van der Waals surface area contributed by atoms with E-state index >= 15 is 0 Å². The van der Waals surface area contributed by atoms with Crippen molar-refractivity contribution in [1.82, 2.24) is 20.0 Å². The number of nitriles is 1. The molecule has 1 amide bonds. The third kappa shape index (κ3) is 4.61. The molecule has 0 saturated carbocycles. The van der Waals surface area contributed by atoms with E-state index in [2.05, 4.69) is 15.3 Å². The van der Waals surface area contributed by atoms with Crippen LogP contribution in [0.3, 0.4) is 0 Å². The zero-order valence-electron chi connectivity index (χ0n) is 17.0. The summed E-state index contributed by atoms with van der Waals surface area (Å²) in [5.74, 6) is -1.25. The predicted molar refractivity (Wildman–Crippen MR) is 102 cm³/mol. The highest BCUT2D eigenvalue weighted by Gasteiger charge is 2.43. The smallest absolute Gasteiger partial charge is 0.338 e. The standard InChI is InChI=1S/C19H22N6O5/c1-11-10-24(17(27)16(29-11)15(26)18(28)30-19(2,3)4)14-5-6-25(23-14)13-7-12(8-20)22-21-9-13/h5-7,9,11,15-16,26H,10H2,1-4H3/t11-,15-,16-/m1/s1. The Bertz CT molecular complexity index is 992. The lowest BCUT2D eigenvalue weighted by Crippen LogP contribution is -2.57. The van der Waals surface area contributed by atoms with Crippen LogP contribution in [0.1, 0.15) is 33.4 Å². The number of hydrogen-bond donors (Lipinski definition) is 1. The number of nitrogens with zero attached hydrogens (tertiary/aromatic N) is 6. The number of carbonyl (C=O) groups excluding carboxylic acids is 2. The molecule has 1 saturated heterocycles. The second-order valence-corrected chi connectivity index (χ2v) is 7.82. The summed E-state index contributed by atoms with van der Waals surface area (Å²) in [5.41, 5.74) is -0.200. The van der Waals surface area contributed by atoms with Crippen LogP contribution >= 0.6 is 0 Å².